The molecule has 5 rings (SSSR count). The molecule has 0 spiro atoms. The average Bonchev–Trinajstić information content (AvgIpc) is 2.60. The number of alkyl halides is 3. The number of piperidine rings is 1. The van der Waals surface area contributed by atoms with Crippen LogP contribution in [0.5, 0.6) is 0 Å². The first kappa shape index (κ1) is 18.6. The number of fused-ring (bicyclic) bond motifs is 2. The summed E-state index contributed by atoms with van der Waals surface area (Å²) < 4.78 is 53.6. The van der Waals surface area contributed by atoms with Crippen molar-refractivity contribution in [1.82, 2.24) is 14.9 Å². The number of carbonyl (C=O) groups excluding carboxylic acids is 1. The molecule has 1 saturated carbocycles. The number of carbonyl (C=O) groups is 1. The standard InChI is InChI=1S/C19H18F4N4O/c1-10-2-13-5-14(3-10)27(13)18(28)26-17-6-15(11-4-12(20)8-24-7-11)16(9-25-17)19(21,22)23/h4,6-10,13-14H,2-3,5H2,1H3,(H,25,26,28). The number of hydrogen-bond donors (Lipinski definition) is 1. The molecule has 1 aliphatic carbocycles. The van der Waals surface area contributed by atoms with Crippen LogP contribution in [0.15, 0.2) is 30.7 Å². The minimum atomic E-state index is -4.68. The second-order valence-electron chi connectivity index (χ2n) is 7.46. The van der Waals surface area contributed by atoms with Crippen molar-refractivity contribution >= 4 is 11.8 Å². The lowest BCUT2D eigenvalue weighted by Crippen LogP contribution is -2.63. The summed E-state index contributed by atoms with van der Waals surface area (Å²) in [6.45, 7) is 2.14. The number of pyridine rings is 2. The summed E-state index contributed by atoms with van der Waals surface area (Å²) in [5.41, 5.74) is -1.35. The third-order valence-corrected chi connectivity index (χ3v) is 5.37. The van der Waals surface area contributed by atoms with Crippen molar-refractivity contribution in [3.05, 3.63) is 42.1 Å². The van der Waals surface area contributed by atoms with Gasteiger partial charge in [0.05, 0.1) is 11.8 Å². The molecule has 0 radical (unpaired) electrons. The first-order valence-corrected chi connectivity index (χ1v) is 9.00. The first-order chi connectivity index (χ1) is 13.2. The Hall–Kier alpha value is -2.71. The molecule has 0 aromatic carbocycles. The van der Waals surface area contributed by atoms with Gasteiger partial charge in [-0.1, -0.05) is 6.92 Å². The fraction of sp³-hybridized carbons (Fsp3) is 0.421. The van der Waals surface area contributed by atoms with E-state index in [-0.39, 0.29) is 35.1 Å². The average molecular weight is 394 g/mol. The van der Waals surface area contributed by atoms with Gasteiger partial charge in [0.25, 0.3) is 0 Å². The summed E-state index contributed by atoms with van der Waals surface area (Å²) >= 11 is 0. The van der Waals surface area contributed by atoms with Gasteiger partial charge in [-0.2, -0.15) is 13.2 Å². The molecule has 3 aliphatic rings. The number of aromatic nitrogens is 2. The number of hydrogen-bond acceptors (Lipinski definition) is 3. The monoisotopic (exact) mass is 394 g/mol. The molecule has 2 amide bonds. The van der Waals surface area contributed by atoms with E-state index >= 15 is 0 Å². The Balaban J connectivity index is 1.62. The second kappa shape index (κ2) is 6.72. The number of halogens is 4. The summed E-state index contributed by atoms with van der Waals surface area (Å²) in [7, 11) is 0. The van der Waals surface area contributed by atoms with Crippen LogP contribution in [0.2, 0.25) is 0 Å². The minimum Gasteiger partial charge on any atom is -0.318 e. The Labute approximate surface area is 158 Å². The van der Waals surface area contributed by atoms with Crippen molar-refractivity contribution in [2.24, 2.45) is 5.92 Å². The molecule has 148 valence electrons. The van der Waals surface area contributed by atoms with E-state index in [2.05, 4.69) is 22.2 Å². The van der Waals surface area contributed by atoms with Gasteiger partial charge in [-0.3, -0.25) is 10.3 Å². The van der Waals surface area contributed by atoms with Crippen LogP contribution in [0.4, 0.5) is 28.2 Å². The Morgan fingerprint density at radius 1 is 1.14 bits per heavy atom. The Kier molecular flexibility index (Phi) is 4.47. The third-order valence-electron chi connectivity index (χ3n) is 5.37. The largest absolute Gasteiger partial charge is 0.418 e. The zero-order valence-corrected chi connectivity index (χ0v) is 15.0. The summed E-state index contributed by atoms with van der Waals surface area (Å²) in [5.74, 6) is -0.213. The minimum absolute atomic E-state index is 0.0183. The smallest absolute Gasteiger partial charge is 0.318 e. The molecule has 2 bridgehead atoms. The number of urea groups is 1. The number of amides is 2. The topological polar surface area (TPSA) is 58.1 Å². The maximum Gasteiger partial charge on any atom is 0.418 e. The number of nitrogens with one attached hydrogen (secondary N) is 1. The summed E-state index contributed by atoms with van der Waals surface area (Å²) in [6, 6.07) is 2.02. The Morgan fingerprint density at radius 3 is 2.50 bits per heavy atom. The predicted molar refractivity (Wildman–Crippen MR) is 93.9 cm³/mol. The highest BCUT2D eigenvalue weighted by Gasteiger charge is 2.46. The molecular weight excluding hydrogens is 376 g/mol. The van der Waals surface area contributed by atoms with Crippen molar-refractivity contribution in [2.75, 3.05) is 5.32 Å². The van der Waals surface area contributed by atoms with E-state index in [0.717, 1.165) is 43.8 Å². The van der Waals surface area contributed by atoms with Crippen LogP contribution >= 0.6 is 0 Å². The fourth-order valence-electron chi connectivity index (χ4n) is 4.20. The zero-order valence-electron chi connectivity index (χ0n) is 15.0. The van der Waals surface area contributed by atoms with E-state index in [9.17, 15) is 22.4 Å². The number of anilines is 1. The van der Waals surface area contributed by atoms with E-state index in [1.54, 1.807) is 4.90 Å². The fourth-order valence-corrected chi connectivity index (χ4v) is 4.20. The maximum atomic E-state index is 13.5. The first-order valence-electron chi connectivity index (χ1n) is 9.00. The van der Waals surface area contributed by atoms with Crippen LogP contribution in [0.25, 0.3) is 11.1 Å². The molecule has 2 saturated heterocycles. The van der Waals surface area contributed by atoms with Crippen LogP contribution < -0.4 is 5.32 Å². The van der Waals surface area contributed by atoms with Crippen LogP contribution in [-0.2, 0) is 6.18 Å². The molecular formula is C19H18F4N4O. The van der Waals surface area contributed by atoms with Gasteiger partial charge >= 0.3 is 12.2 Å². The summed E-state index contributed by atoms with van der Waals surface area (Å²) in [6.07, 6.45) is 0.814. The lowest BCUT2D eigenvalue weighted by Gasteiger charge is -2.54. The summed E-state index contributed by atoms with van der Waals surface area (Å²) in [5, 5.41) is 2.59. The van der Waals surface area contributed by atoms with Crippen LogP contribution in [0, 0.1) is 11.7 Å². The second-order valence-corrected chi connectivity index (χ2v) is 7.46. The van der Waals surface area contributed by atoms with E-state index in [1.165, 1.54) is 0 Å². The molecule has 28 heavy (non-hydrogen) atoms. The zero-order chi connectivity index (χ0) is 20.1. The molecule has 2 aromatic heterocycles. The molecule has 9 heteroatoms. The molecule has 1 N–H and O–H groups in total. The maximum absolute atomic E-state index is 13.5. The van der Waals surface area contributed by atoms with Gasteiger partial charge in [-0.15, -0.1) is 0 Å². The highest BCUT2D eigenvalue weighted by Crippen LogP contribution is 2.42. The normalized spacial score (nSPS) is 23.9. The van der Waals surface area contributed by atoms with Crippen molar-refractivity contribution in [2.45, 2.75) is 44.4 Å². The van der Waals surface area contributed by atoms with Gasteiger partial charge in [0, 0.05) is 35.6 Å². The van der Waals surface area contributed by atoms with Gasteiger partial charge in [0.15, 0.2) is 0 Å². The SMILES string of the molecule is CC1CC2CC(C1)N2C(=O)Nc1cc(-c2cncc(F)c2)c(C(F)(F)F)cn1. The van der Waals surface area contributed by atoms with Crippen molar-refractivity contribution in [3.8, 4) is 11.1 Å². The molecule has 2 atom stereocenters. The van der Waals surface area contributed by atoms with Crippen molar-refractivity contribution < 1.29 is 22.4 Å². The summed E-state index contributed by atoms with van der Waals surface area (Å²) in [4.78, 5) is 21.7. The predicted octanol–water partition coefficient (Wildman–Crippen LogP) is 4.71. The van der Waals surface area contributed by atoms with Gasteiger partial charge < -0.3 is 4.90 Å². The van der Waals surface area contributed by atoms with E-state index in [0.29, 0.717) is 12.1 Å². The molecule has 4 heterocycles. The van der Waals surface area contributed by atoms with E-state index in [1.807, 2.05) is 0 Å². The van der Waals surface area contributed by atoms with E-state index in [4.69, 9.17) is 0 Å². The van der Waals surface area contributed by atoms with Gasteiger partial charge in [-0.25, -0.2) is 14.2 Å². The highest BCUT2D eigenvalue weighted by atomic mass is 19.4. The molecule has 2 unspecified atom stereocenters. The molecule has 5 nitrogen and oxygen atoms in total. The molecule has 2 aliphatic heterocycles. The highest BCUT2D eigenvalue weighted by molar-refractivity contribution is 5.90. The van der Waals surface area contributed by atoms with Crippen LogP contribution in [0.3, 0.4) is 0 Å². The quantitative estimate of drug-likeness (QED) is 0.751. The number of rotatable bonds is 2. The molecule has 2 aromatic rings. The Morgan fingerprint density at radius 2 is 1.86 bits per heavy atom. The molecule has 3 fully saturated rings. The lowest BCUT2D eigenvalue weighted by atomic mass is 9.74. The van der Waals surface area contributed by atoms with Crippen molar-refractivity contribution in [3.63, 3.8) is 0 Å². The van der Waals surface area contributed by atoms with E-state index < -0.39 is 17.6 Å². The van der Waals surface area contributed by atoms with Gasteiger partial charge in [0.2, 0.25) is 0 Å². The lowest BCUT2D eigenvalue weighted by molar-refractivity contribution is -0.137. The van der Waals surface area contributed by atoms with Crippen LogP contribution in [-0.4, -0.2) is 33.0 Å². The third kappa shape index (κ3) is 3.41. The van der Waals surface area contributed by atoms with Gasteiger partial charge in [-0.05, 0) is 37.3 Å². The number of nitrogens with zero attached hydrogens (tertiary/aromatic N) is 3. The Bertz CT molecular complexity index is 905. The van der Waals surface area contributed by atoms with Crippen molar-refractivity contribution in [1.29, 1.82) is 0 Å². The van der Waals surface area contributed by atoms with Crippen LogP contribution in [0.1, 0.15) is 31.7 Å². The van der Waals surface area contributed by atoms with Gasteiger partial charge in [0.1, 0.15) is 11.6 Å².